The van der Waals surface area contributed by atoms with Gasteiger partial charge in [0.1, 0.15) is 12.1 Å². The zero-order valence-corrected chi connectivity index (χ0v) is 9.63. The van der Waals surface area contributed by atoms with Gasteiger partial charge in [-0.25, -0.2) is 9.97 Å². The molecule has 0 radical (unpaired) electrons. The zero-order valence-electron chi connectivity index (χ0n) is 9.63. The van der Waals surface area contributed by atoms with E-state index in [9.17, 15) is 0 Å². The molecular weight excluding hydrogens is 228 g/mol. The molecule has 1 aliphatic rings. The number of aromatic nitrogens is 2. The monoisotopic (exact) mass is 240 g/mol. The van der Waals surface area contributed by atoms with Crippen LogP contribution in [0.1, 0.15) is 5.56 Å². The molecule has 0 saturated heterocycles. The van der Waals surface area contributed by atoms with Gasteiger partial charge in [0.15, 0.2) is 5.76 Å². The molecule has 90 valence electrons. The van der Waals surface area contributed by atoms with E-state index in [4.69, 9.17) is 10.6 Å². The van der Waals surface area contributed by atoms with Crippen molar-refractivity contribution in [2.24, 2.45) is 0 Å². The fraction of sp³-hybridized carbons (Fsp3) is 0.0769. The highest BCUT2D eigenvalue weighted by Gasteiger charge is 2.08. The first-order valence-corrected chi connectivity index (χ1v) is 5.61. The maximum atomic E-state index is 5.64. The fourth-order valence-electron chi connectivity index (χ4n) is 1.81. The summed E-state index contributed by atoms with van der Waals surface area (Å²) in [6.45, 7) is 0.736. The standard InChI is InChI=1S/C13H12N4O/c14-13-7-11(15-8-16-13)9-1-3-10(4-2-9)12-5-6-17-18-12/h1-5,7-8,17H,6H2,(H2,14,15,16). The van der Waals surface area contributed by atoms with Crippen LogP contribution in [-0.2, 0) is 4.84 Å². The Hall–Kier alpha value is -2.40. The number of hydrogen-bond acceptors (Lipinski definition) is 5. The van der Waals surface area contributed by atoms with E-state index in [0.717, 1.165) is 29.1 Å². The van der Waals surface area contributed by atoms with E-state index < -0.39 is 0 Å². The molecule has 0 unspecified atom stereocenters. The maximum Gasteiger partial charge on any atom is 0.151 e. The lowest BCUT2D eigenvalue weighted by Crippen LogP contribution is -2.04. The van der Waals surface area contributed by atoms with Gasteiger partial charge in [0.2, 0.25) is 0 Å². The summed E-state index contributed by atoms with van der Waals surface area (Å²) in [5.41, 5.74) is 11.3. The van der Waals surface area contributed by atoms with Crippen LogP contribution in [0, 0.1) is 0 Å². The van der Waals surface area contributed by atoms with Crippen LogP contribution in [0.4, 0.5) is 5.82 Å². The molecule has 0 spiro atoms. The SMILES string of the molecule is Nc1cc(-c2ccc(C3=CCNO3)cc2)ncn1. The Morgan fingerprint density at radius 3 is 2.56 bits per heavy atom. The maximum absolute atomic E-state index is 5.64. The van der Waals surface area contributed by atoms with Crippen molar-refractivity contribution >= 4 is 11.6 Å². The Kier molecular flexibility index (Phi) is 2.66. The third-order valence-electron chi connectivity index (χ3n) is 2.71. The van der Waals surface area contributed by atoms with Crippen LogP contribution in [0.2, 0.25) is 0 Å². The molecular formula is C13H12N4O. The van der Waals surface area contributed by atoms with E-state index in [1.165, 1.54) is 6.33 Å². The summed E-state index contributed by atoms with van der Waals surface area (Å²) in [5.74, 6) is 1.32. The van der Waals surface area contributed by atoms with Crippen molar-refractivity contribution in [3.8, 4) is 11.3 Å². The lowest BCUT2D eigenvalue weighted by molar-refractivity contribution is 0.191. The number of hydroxylamine groups is 1. The van der Waals surface area contributed by atoms with Gasteiger partial charge < -0.3 is 10.6 Å². The summed E-state index contributed by atoms with van der Waals surface area (Å²) in [7, 11) is 0. The molecule has 3 N–H and O–H groups in total. The van der Waals surface area contributed by atoms with E-state index in [0.29, 0.717) is 5.82 Å². The van der Waals surface area contributed by atoms with Gasteiger partial charge in [-0.1, -0.05) is 24.3 Å². The van der Waals surface area contributed by atoms with Crippen molar-refractivity contribution in [1.29, 1.82) is 0 Å². The average Bonchev–Trinajstić information content (AvgIpc) is 2.93. The van der Waals surface area contributed by atoms with E-state index in [2.05, 4.69) is 15.4 Å². The average molecular weight is 240 g/mol. The van der Waals surface area contributed by atoms with Gasteiger partial charge in [-0.15, -0.1) is 0 Å². The Labute approximate surface area is 104 Å². The van der Waals surface area contributed by atoms with E-state index in [1.54, 1.807) is 6.07 Å². The number of hydrogen-bond donors (Lipinski definition) is 2. The van der Waals surface area contributed by atoms with Gasteiger partial charge in [-0.3, -0.25) is 0 Å². The van der Waals surface area contributed by atoms with Gasteiger partial charge in [0.05, 0.1) is 12.2 Å². The Morgan fingerprint density at radius 2 is 1.89 bits per heavy atom. The molecule has 5 heteroatoms. The second kappa shape index (κ2) is 4.46. The van der Waals surface area contributed by atoms with Crippen molar-refractivity contribution in [3.63, 3.8) is 0 Å². The molecule has 2 heterocycles. The predicted molar refractivity (Wildman–Crippen MR) is 68.9 cm³/mol. The first-order valence-electron chi connectivity index (χ1n) is 5.61. The van der Waals surface area contributed by atoms with Crippen molar-refractivity contribution in [2.45, 2.75) is 0 Å². The summed E-state index contributed by atoms with van der Waals surface area (Å²) in [6, 6.07) is 9.71. The van der Waals surface area contributed by atoms with E-state index in [-0.39, 0.29) is 0 Å². The molecule has 0 saturated carbocycles. The number of nitrogens with zero attached hydrogens (tertiary/aromatic N) is 2. The highest BCUT2D eigenvalue weighted by molar-refractivity contribution is 5.67. The fourth-order valence-corrected chi connectivity index (χ4v) is 1.81. The number of rotatable bonds is 2. The molecule has 0 amide bonds. The third kappa shape index (κ3) is 2.03. The van der Waals surface area contributed by atoms with Crippen molar-refractivity contribution in [3.05, 3.63) is 48.3 Å². The first-order chi connectivity index (χ1) is 8.83. The van der Waals surface area contributed by atoms with E-state index >= 15 is 0 Å². The minimum absolute atomic E-state index is 0.468. The van der Waals surface area contributed by atoms with E-state index in [1.807, 2.05) is 30.3 Å². The first kappa shape index (κ1) is 10.7. The van der Waals surface area contributed by atoms with Gasteiger partial charge in [-0.05, 0) is 6.08 Å². The summed E-state index contributed by atoms with van der Waals surface area (Å²) >= 11 is 0. The van der Waals surface area contributed by atoms with Crippen molar-refractivity contribution in [2.75, 3.05) is 12.3 Å². The summed E-state index contributed by atoms with van der Waals surface area (Å²) < 4.78 is 0. The Balaban J connectivity index is 1.91. The highest BCUT2D eigenvalue weighted by Crippen LogP contribution is 2.22. The molecule has 0 bridgehead atoms. The predicted octanol–water partition coefficient (Wildman–Crippen LogP) is 1.60. The minimum Gasteiger partial charge on any atom is -0.408 e. The van der Waals surface area contributed by atoms with Crippen LogP contribution < -0.4 is 11.2 Å². The second-order valence-corrected chi connectivity index (χ2v) is 3.92. The number of anilines is 1. The second-order valence-electron chi connectivity index (χ2n) is 3.92. The van der Waals surface area contributed by atoms with Gasteiger partial charge >= 0.3 is 0 Å². The largest absolute Gasteiger partial charge is 0.408 e. The molecule has 5 nitrogen and oxygen atoms in total. The zero-order chi connectivity index (χ0) is 12.4. The molecule has 1 aromatic heterocycles. The smallest absolute Gasteiger partial charge is 0.151 e. The normalized spacial score (nSPS) is 14.1. The lowest BCUT2D eigenvalue weighted by atomic mass is 10.1. The molecule has 1 aliphatic heterocycles. The van der Waals surface area contributed by atoms with Gasteiger partial charge in [0, 0.05) is 17.2 Å². The van der Waals surface area contributed by atoms with Crippen LogP contribution in [0.25, 0.3) is 17.0 Å². The lowest BCUT2D eigenvalue weighted by Gasteiger charge is -2.05. The third-order valence-corrected chi connectivity index (χ3v) is 2.71. The topological polar surface area (TPSA) is 73.1 Å². The molecule has 0 fully saturated rings. The van der Waals surface area contributed by atoms with Gasteiger partial charge in [0.25, 0.3) is 0 Å². The summed E-state index contributed by atoms with van der Waals surface area (Å²) in [6.07, 6.45) is 3.46. The number of nitrogens with two attached hydrogens (primary N) is 1. The molecule has 2 aromatic rings. The van der Waals surface area contributed by atoms with Crippen molar-refractivity contribution in [1.82, 2.24) is 15.4 Å². The van der Waals surface area contributed by atoms with Crippen LogP contribution in [0.15, 0.2) is 42.7 Å². The van der Waals surface area contributed by atoms with Crippen LogP contribution in [0.3, 0.4) is 0 Å². The van der Waals surface area contributed by atoms with Crippen LogP contribution in [0.5, 0.6) is 0 Å². The molecule has 3 rings (SSSR count). The van der Waals surface area contributed by atoms with Gasteiger partial charge in [-0.2, -0.15) is 5.48 Å². The highest BCUT2D eigenvalue weighted by atomic mass is 16.7. The van der Waals surface area contributed by atoms with Crippen molar-refractivity contribution < 1.29 is 4.84 Å². The molecule has 1 aromatic carbocycles. The molecule has 18 heavy (non-hydrogen) atoms. The Morgan fingerprint density at radius 1 is 1.11 bits per heavy atom. The molecule has 0 aliphatic carbocycles. The number of nitrogens with one attached hydrogen (secondary N) is 1. The Bertz CT molecular complexity index is 592. The number of nitrogen functional groups attached to an aromatic ring is 1. The summed E-state index contributed by atoms with van der Waals surface area (Å²) in [5, 5.41) is 0. The summed E-state index contributed by atoms with van der Waals surface area (Å²) in [4.78, 5) is 13.3. The quantitative estimate of drug-likeness (QED) is 0.834. The number of benzene rings is 1. The van der Waals surface area contributed by atoms with Crippen LogP contribution >= 0.6 is 0 Å². The molecule has 0 atom stereocenters. The van der Waals surface area contributed by atoms with Crippen LogP contribution in [-0.4, -0.2) is 16.5 Å². The minimum atomic E-state index is 0.468.